The maximum absolute atomic E-state index is 5.94. The number of rotatable bonds is 9. The van der Waals surface area contributed by atoms with Crippen molar-refractivity contribution in [3.05, 3.63) is 24.3 Å². The smallest absolute Gasteiger partial charge is 0.191 e. The van der Waals surface area contributed by atoms with Gasteiger partial charge in [-0.2, -0.15) is 0 Å². The van der Waals surface area contributed by atoms with Gasteiger partial charge in [0, 0.05) is 33.3 Å². The van der Waals surface area contributed by atoms with E-state index in [1.807, 2.05) is 24.3 Å². The summed E-state index contributed by atoms with van der Waals surface area (Å²) in [4.78, 5) is 6.83. The van der Waals surface area contributed by atoms with Crippen molar-refractivity contribution in [2.24, 2.45) is 4.99 Å². The molecule has 0 aromatic heterocycles. The van der Waals surface area contributed by atoms with E-state index in [1.54, 1.807) is 7.11 Å². The van der Waals surface area contributed by atoms with E-state index in [2.05, 4.69) is 34.5 Å². The van der Waals surface area contributed by atoms with Crippen LogP contribution in [-0.4, -0.2) is 77.1 Å². The number of benzene rings is 1. The average molecular weight is 350 g/mol. The van der Waals surface area contributed by atoms with Crippen molar-refractivity contribution >= 4 is 5.96 Å². The summed E-state index contributed by atoms with van der Waals surface area (Å²) in [6.45, 7) is 7.32. The average Bonchev–Trinajstić information content (AvgIpc) is 2.64. The molecular weight excluding hydrogens is 320 g/mol. The fourth-order valence-electron chi connectivity index (χ4n) is 2.41. The lowest BCUT2D eigenvalue weighted by atomic mass is 10.2. The van der Waals surface area contributed by atoms with Gasteiger partial charge in [-0.3, -0.25) is 0 Å². The van der Waals surface area contributed by atoms with Crippen LogP contribution in [0, 0.1) is 0 Å². The number of methoxy groups -OCH3 is 1. The van der Waals surface area contributed by atoms with Crippen molar-refractivity contribution in [1.82, 2.24) is 15.5 Å². The van der Waals surface area contributed by atoms with Crippen LogP contribution in [0.5, 0.6) is 11.5 Å². The molecule has 1 atom stereocenters. The summed E-state index contributed by atoms with van der Waals surface area (Å²) >= 11 is 0. The molecule has 1 unspecified atom stereocenters. The van der Waals surface area contributed by atoms with Crippen molar-refractivity contribution in [3.63, 3.8) is 0 Å². The van der Waals surface area contributed by atoms with E-state index < -0.39 is 0 Å². The molecule has 1 heterocycles. The summed E-state index contributed by atoms with van der Waals surface area (Å²) in [5, 5.41) is 6.60. The molecule has 7 nitrogen and oxygen atoms in total. The first kappa shape index (κ1) is 19.3. The second-order valence-corrected chi connectivity index (χ2v) is 5.94. The van der Waals surface area contributed by atoms with Crippen LogP contribution in [-0.2, 0) is 4.74 Å². The largest absolute Gasteiger partial charge is 0.486 e. The summed E-state index contributed by atoms with van der Waals surface area (Å²) in [6.07, 6.45) is -0.0743. The summed E-state index contributed by atoms with van der Waals surface area (Å²) in [7, 11) is 3.80. The third kappa shape index (κ3) is 6.80. The Balaban J connectivity index is 1.77. The first-order valence-corrected chi connectivity index (χ1v) is 8.81. The number of nitrogens with zero attached hydrogens (tertiary/aromatic N) is 2. The molecule has 0 saturated heterocycles. The molecule has 0 aliphatic carbocycles. The fraction of sp³-hybridized carbons (Fsp3) is 0.611. The molecule has 1 aromatic carbocycles. The molecule has 1 aliphatic heterocycles. The van der Waals surface area contributed by atoms with Crippen LogP contribution in [0.3, 0.4) is 0 Å². The highest BCUT2D eigenvalue weighted by Gasteiger charge is 2.20. The second kappa shape index (κ2) is 10.8. The molecule has 2 N–H and O–H groups in total. The SMILES string of the molecule is CCNC(=NCC1COc2ccccc2O1)NCCN(C)CCOC. The van der Waals surface area contributed by atoms with Crippen LogP contribution in [0.2, 0.25) is 0 Å². The third-order valence-corrected chi connectivity index (χ3v) is 3.83. The Morgan fingerprint density at radius 2 is 2.08 bits per heavy atom. The highest BCUT2D eigenvalue weighted by Crippen LogP contribution is 2.30. The van der Waals surface area contributed by atoms with Gasteiger partial charge >= 0.3 is 0 Å². The zero-order valence-electron chi connectivity index (χ0n) is 15.5. The Hall–Kier alpha value is -1.99. The number of nitrogens with one attached hydrogen (secondary N) is 2. The van der Waals surface area contributed by atoms with Crippen LogP contribution in [0.4, 0.5) is 0 Å². The maximum atomic E-state index is 5.94. The van der Waals surface area contributed by atoms with E-state index in [9.17, 15) is 0 Å². The number of aliphatic imine (C=N–C) groups is 1. The number of ether oxygens (including phenoxy) is 3. The van der Waals surface area contributed by atoms with Gasteiger partial charge in [0.2, 0.25) is 0 Å². The summed E-state index contributed by atoms with van der Waals surface area (Å²) < 4.78 is 16.7. The maximum Gasteiger partial charge on any atom is 0.191 e. The predicted molar refractivity (Wildman–Crippen MR) is 99.7 cm³/mol. The quantitative estimate of drug-likeness (QED) is 0.511. The monoisotopic (exact) mass is 350 g/mol. The van der Waals surface area contributed by atoms with Gasteiger partial charge in [-0.15, -0.1) is 0 Å². The van der Waals surface area contributed by atoms with E-state index in [0.29, 0.717) is 13.2 Å². The van der Waals surface area contributed by atoms with Gasteiger partial charge in [0.05, 0.1) is 13.2 Å². The van der Waals surface area contributed by atoms with Crippen molar-refractivity contribution < 1.29 is 14.2 Å². The second-order valence-electron chi connectivity index (χ2n) is 5.94. The zero-order valence-corrected chi connectivity index (χ0v) is 15.5. The number of hydrogen-bond donors (Lipinski definition) is 2. The van der Waals surface area contributed by atoms with Crippen LogP contribution in [0.1, 0.15) is 6.92 Å². The summed E-state index contributed by atoms with van der Waals surface area (Å²) in [5.74, 6) is 2.38. The van der Waals surface area contributed by atoms with Gasteiger partial charge in [-0.05, 0) is 26.1 Å². The van der Waals surface area contributed by atoms with Gasteiger partial charge in [0.1, 0.15) is 6.61 Å². The van der Waals surface area contributed by atoms with Crippen LogP contribution < -0.4 is 20.1 Å². The first-order valence-electron chi connectivity index (χ1n) is 8.81. The number of likely N-dealkylation sites (N-methyl/N-ethyl adjacent to an activating group) is 1. The van der Waals surface area contributed by atoms with Gasteiger partial charge in [-0.1, -0.05) is 12.1 Å². The molecule has 0 fully saturated rings. The number of guanidine groups is 1. The van der Waals surface area contributed by atoms with Gasteiger partial charge in [0.15, 0.2) is 23.6 Å². The molecular formula is C18H30N4O3. The van der Waals surface area contributed by atoms with Gasteiger partial charge in [0.25, 0.3) is 0 Å². The highest BCUT2D eigenvalue weighted by molar-refractivity contribution is 5.79. The number of para-hydroxylation sites is 2. The molecule has 7 heteroatoms. The van der Waals surface area contributed by atoms with E-state index >= 15 is 0 Å². The fourth-order valence-corrected chi connectivity index (χ4v) is 2.41. The summed E-state index contributed by atoms with van der Waals surface area (Å²) in [6, 6.07) is 7.72. The molecule has 0 bridgehead atoms. The molecule has 1 aromatic rings. The molecule has 2 rings (SSSR count). The molecule has 25 heavy (non-hydrogen) atoms. The van der Waals surface area contributed by atoms with Crippen LogP contribution in [0.25, 0.3) is 0 Å². The van der Waals surface area contributed by atoms with Crippen molar-refractivity contribution in [3.8, 4) is 11.5 Å². The van der Waals surface area contributed by atoms with Gasteiger partial charge in [-0.25, -0.2) is 4.99 Å². The minimum Gasteiger partial charge on any atom is -0.486 e. The molecule has 140 valence electrons. The third-order valence-electron chi connectivity index (χ3n) is 3.83. The van der Waals surface area contributed by atoms with E-state index in [-0.39, 0.29) is 6.10 Å². The Labute approximate surface area is 150 Å². The lowest BCUT2D eigenvalue weighted by molar-refractivity contribution is 0.0971. The molecule has 1 aliphatic rings. The Morgan fingerprint density at radius 1 is 1.28 bits per heavy atom. The zero-order chi connectivity index (χ0) is 17.9. The highest BCUT2D eigenvalue weighted by atomic mass is 16.6. The molecule has 0 spiro atoms. The van der Waals surface area contributed by atoms with E-state index in [1.165, 1.54) is 0 Å². The predicted octanol–water partition coefficient (Wildman–Crippen LogP) is 0.960. The summed E-state index contributed by atoms with van der Waals surface area (Å²) in [5.41, 5.74) is 0. The number of hydrogen-bond acceptors (Lipinski definition) is 5. The van der Waals surface area contributed by atoms with Crippen LogP contribution >= 0.6 is 0 Å². The van der Waals surface area contributed by atoms with Crippen molar-refractivity contribution in [1.29, 1.82) is 0 Å². The van der Waals surface area contributed by atoms with Crippen molar-refractivity contribution in [2.75, 3.05) is 60.1 Å². The lowest BCUT2D eigenvalue weighted by Gasteiger charge is -2.25. The van der Waals surface area contributed by atoms with E-state index in [0.717, 1.165) is 50.2 Å². The Kier molecular flexibility index (Phi) is 8.34. The molecule has 0 saturated carbocycles. The molecule has 0 radical (unpaired) electrons. The molecule has 0 amide bonds. The van der Waals surface area contributed by atoms with Crippen LogP contribution in [0.15, 0.2) is 29.3 Å². The first-order chi connectivity index (χ1) is 12.2. The lowest BCUT2D eigenvalue weighted by Crippen LogP contribution is -2.42. The Bertz CT molecular complexity index is 539. The standard InChI is InChI=1S/C18H30N4O3/c1-4-19-18(20-9-10-22(2)11-12-23-3)21-13-15-14-24-16-7-5-6-8-17(16)25-15/h5-8,15H,4,9-14H2,1-3H3,(H2,19,20,21). The normalized spacial score (nSPS) is 16.8. The Morgan fingerprint density at radius 3 is 2.84 bits per heavy atom. The number of fused-ring (bicyclic) bond motifs is 1. The van der Waals surface area contributed by atoms with Crippen molar-refractivity contribution in [2.45, 2.75) is 13.0 Å². The van der Waals surface area contributed by atoms with Gasteiger partial charge < -0.3 is 29.7 Å². The van der Waals surface area contributed by atoms with E-state index in [4.69, 9.17) is 14.2 Å². The minimum atomic E-state index is -0.0743. The minimum absolute atomic E-state index is 0.0743. The topological polar surface area (TPSA) is 67.4 Å².